The Balaban J connectivity index is 0.00000162. The van der Waals surface area contributed by atoms with E-state index in [1.54, 1.807) is 24.3 Å². The molecule has 0 aliphatic heterocycles. The standard InChI is InChI=1S/C14H12FNO.BrH/c15-12-6-8-13(9-7-12)16-10-14(17)11-4-2-1-3-5-11;/h1-9,16H,10H2;1H. The van der Waals surface area contributed by atoms with E-state index in [0.717, 1.165) is 5.69 Å². The van der Waals surface area contributed by atoms with Crippen molar-refractivity contribution >= 4 is 28.5 Å². The lowest BCUT2D eigenvalue weighted by atomic mass is 10.1. The van der Waals surface area contributed by atoms with Crippen LogP contribution in [0.15, 0.2) is 54.6 Å². The van der Waals surface area contributed by atoms with Gasteiger partial charge in [0.05, 0.1) is 6.54 Å². The fourth-order valence-corrected chi connectivity index (χ4v) is 1.48. The first-order valence-corrected chi connectivity index (χ1v) is 5.33. The van der Waals surface area contributed by atoms with Gasteiger partial charge in [0.1, 0.15) is 5.82 Å². The molecule has 0 radical (unpaired) electrons. The number of nitrogens with one attached hydrogen (secondary N) is 1. The maximum Gasteiger partial charge on any atom is 0.181 e. The second-order valence-electron chi connectivity index (χ2n) is 3.65. The van der Waals surface area contributed by atoms with Gasteiger partial charge in [-0.2, -0.15) is 0 Å². The maximum absolute atomic E-state index is 12.7. The van der Waals surface area contributed by atoms with Gasteiger partial charge in [0, 0.05) is 11.3 Å². The van der Waals surface area contributed by atoms with Crippen LogP contribution in [-0.2, 0) is 0 Å². The van der Waals surface area contributed by atoms with Crippen LogP contribution in [0, 0.1) is 5.82 Å². The number of benzene rings is 2. The average molecular weight is 310 g/mol. The zero-order chi connectivity index (χ0) is 12.1. The first-order valence-electron chi connectivity index (χ1n) is 5.33. The SMILES string of the molecule is Br.O=C(CNc1ccc(F)cc1)c1ccccc1. The number of halogens is 2. The molecule has 0 heterocycles. The second kappa shape index (κ2) is 6.91. The minimum atomic E-state index is -0.287. The molecule has 0 aliphatic carbocycles. The largest absolute Gasteiger partial charge is 0.378 e. The smallest absolute Gasteiger partial charge is 0.181 e. The Kier molecular flexibility index (Phi) is 5.52. The van der Waals surface area contributed by atoms with Crippen molar-refractivity contribution in [3.8, 4) is 0 Å². The summed E-state index contributed by atoms with van der Waals surface area (Å²) in [6.07, 6.45) is 0. The molecule has 0 amide bonds. The molecule has 2 nitrogen and oxygen atoms in total. The molecule has 2 aromatic carbocycles. The van der Waals surface area contributed by atoms with E-state index in [4.69, 9.17) is 0 Å². The van der Waals surface area contributed by atoms with Crippen molar-refractivity contribution in [2.75, 3.05) is 11.9 Å². The van der Waals surface area contributed by atoms with E-state index in [2.05, 4.69) is 5.32 Å². The lowest BCUT2D eigenvalue weighted by Gasteiger charge is -2.05. The molecule has 2 aromatic rings. The Morgan fingerprint density at radius 2 is 1.61 bits per heavy atom. The van der Waals surface area contributed by atoms with Gasteiger partial charge in [-0.3, -0.25) is 4.79 Å². The Hall–Kier alpha value is -1.68. The third-order valence-corrected chi connectivity index (χ3v) is 2.39. The molecule has 0 spiro atoms. The highest BCUT2D eigenvalue weighted by Crippen LogP contribution is 2.08. The quantitative estimate of drug-likeness (QED) is 0.873. The summed E-state index contributed by atoms with van der Waals surface area (Å²) in [5.41, 5.74) is 1.40. The summed E-state index contributed by atoms with van der Waals surface area (Å²) >= 11 is 0. The first-order chi connectivity index (χ1) is 8.25. The number of Topliss-reactive ketones (excluding diaryl/α,β-unsaturated/α-hetero) is 1. The van der Waals surface area contributed by atoms with Crippen molar-refractivity contribution in [2.45, 2.75) is 0 Å². The number of hydrogen-bond acceptors (Lipinski definition) is 2. The molecule has 0 saturated carbocycles. The Bertz CT molecular complexity index is 499. The van der Waals surface area contributed by atoms with Gasteiger partial charge in [-0.05, 0) is 24.3 Å². The van der Waals surface area contributed by atoms with Crippen molar-refractivity contribution in [2.24, 2.45) is 0 Å². The van der Waals surface area contributed by atoms with Gasteiger partial charge in [0.25, 0.3) is 0 Å². The average Bonchev–Trinajstić information content (AvgIpc) is 2.39. The third kappa shape index (κ3) is 3.96. The molecule has 4 heteroatoms. The molecule has 0 unspecified atom stereocenters. The number of hydrogen-bond donors (Lipinski definition) is 1. The van der Waals surface area contributed by atoms with Crippen LogP contribution in [0.3, 0.4) is 0 Å². The number of carbonyl (C=O) groups excluding carboxylic acids is 1. The summed E-state index contributed by atoms with van der Waals surface area (Å²) in [4.78, 5) is 11.7. The number of ketones is 1. The maximum atomic E-state index is 12.7. The molecule has 1 N–H and O–H groups in total. The van der Waals surface area contributed by atoms with Crippen molar-refractivity contribution < 1.29 is 9.18 Å². The molecule has 0 saturated heterocycles. The predicted octanol–water partition coefficient (Wildman–Crippen LogP) is 3.70. The van der Waals surface area contributed by atoms with E-state index in [9.17, 15) is 9.18 Å². The number of carbonyl (C=O) groups is 1. The Labute approximate surface area is 116 Å². The molecule has 18 heavy (non-hydrogen) atoms. The first kappa shape index (κ1) is 14.4. The van der Waals surface area contributed by atoms with E-state index < -0.39 is 0 Å². The third-order valence-electron chi connectivity index (χ3n) is 2.39. The highest BCUT2D eigenvalue weighted by Gasteiger charge is 2.04. The van der Waals surface area contributed by atoms with E-state index in [1.165, 1.54) is 12.1 Å². The minimum absolute atomic E-state index is 0. The molecule has 2 rings (SSSR count). The van der Waals surface area contributed by atoms with Gasteiger partial charge in [0.2, 0.25) is 0 Å². The molecule has 94 valence electrons. The summed E-state index contributed by atoms with van der Waals surface area (Å²) < 4.78 is 12.7. The van der Waals surface area contributed by atoms with Crippen LogP contribution < -0.4 is 5.32 Å². The van der Waals surface area contributed by atoms with Crippen LogP contribution in [0.1, 0.15) is 10.4 Å². The molecule has 0 fully saturated rings. The summed E-state index contributed by atoms with van der Waals surface area (Å²) in [6, 6.07) is 15.0. The van der Waals surface area contributed by atoms with Crippen LogP contribution in [0.25, 0.3) is 0 Å². The lowest BCUT2D eigenvalue weighted by molar-refractivity contribution is 0.101. The molecular formula is C14H13BrFNO. The van der Waals surface area contributed by atoms with E-state index >= 15 is 0 Å². The van der Waals surface area contributed by atoms with Crippen molar-refractivity contribution in [1.82, 2.24) is 0 Å². The van der Waals surface area contributed by atoms with Crippen LogP contribution >= 0.6 is 17.0 Å². The highest BCUT2D eigenvalue weighted by atomic mass is 79.9. The van der Waals surface area contributed by atoms with Gasteiger partial charge < -0.3 is 5.32 Å². The van der Waals surface area contributed by atoms with Crippen molar-refractivity contribution in [1.29, 1.82) is 0 Å². The Morgan fingerprint density at radius 1 is 1.00 bits per heavy atom. The summed E-state index contributed by atoms with van der Waals surface area (Å²) in [7, 11) is 0. The molecule has 0 aliphatic rings. The van der Waals surface area contributed by atoms with Gasteiger partial charge in [-0.25, -0.2) is 4.39 Å². The van der Waals surface area contributed by atoms with Gasteiger partial charge in [0.15, 0.2) is 5.78 Å². The highest BCUT2D eigenvalue weighted by molar-refractivity contribution is 8.93. The summed E-state index contributed by atoms with van der Waals surface area (Å²) in [5.74, 6) is -0.278. The fraction of sp³-hybridized carbons (Fsp3) is 0.0714. The zero-order valence-corrected chi connectivity index (χ0v) is 11.3. The fourth-order valence-electron chi connectivity index (χ4n) is 1.48. The van der Waals surface area contributed by atoms with E-state index in [-0.39, 0.29) is 35.1 Å². The normalized spacial score (nSPS) is 9.39. The van der Waals surface area contributed by atoms with Gasteiger partial charge >= 0.3 is 0 Å². The second-order valence-corrected chi connectivity index (χ2v) is 3.65. The van der Waals surface area contributed by atoms with E-state index in [1.807, 2.05) is 18.2 Å². The molecular weight excluding hydrogens is 297 g/mol. The number of anilines is 1. The van der Waals surface area contributed by atoms with Crippen LogP contribution in [0.2, 0.25) is 0 Å². The summed E-state index contributed by atoms with van der Waals surface area (Å²) in [5, 5.41) is 2.95. The van der Waals surface area contributed by atoms with Crippen LogP contribution in [0.5, 0.6) is 0 Å². The molecule has 0 atom stereocenters. The zero-order valence-electron chi connectivity index (χ0n) is 9.60. The Morgan fingerprint density at radius 3 is 2.22 bits per heavy atom. The number of rotatable bonds is 4. The van der Waals surface area contributed by atoms with Gasteiger partial charge in [-0.1, -0.05) is 30.3 Å². The minimum Gasteiger partial charge on any atom is -0.378 e. The monoisotopic (exact) mass is 309 g/mol. The topological polar surface area (TPSA) is 29.1 Å². The predicted molar refractivity (Wildman–Crippen MR) is 76.0 cm³/mol. The van der Waals surface area contributed by atoms with Crippen molar-refractivity contribution in [3.05, 3.63) is 66.0 Å². The summed E-state index contributed by atoms with van der Waals surface area (Å²) in [6.45, 7) is 0.204. The molecule has 0 aromatic heterocycles. The van der Waals surface area contributed by atoms with Gasteiger partial charge in [-0.15, -0.1) is 17.0 Å². The van der Waals surface area contributed by atoms with Crippen LogP contribution in [0.4, 0.5) is 10.1 Å². The lowest BCUT2D eigenvalue weighted by Crippen LogP contribution is -2.13. The molecule has 0 bridgehead atoms. The van der Waals surface area contributed by atoms with Crippen molar-refractivity contribution in [3.63, 3.8) is 0 Å². The van der Waals surface area contributed by atoms with E-state index in [0.29, 0.717) is 5.56 Å². The van der Waals surface area contributed by atoms with Crippen LogP contribution in [-0.4, -0.2) is 12.3 Å².